The molecule has 0 bridgehead atoms. The molecule has 1 aromatic carbocycles. The zero-order chi connectivity index (χ0) is 14.8. The maximum Gasteiger partial charge on any atom is 0.224 e. The van der Waals surface area contributed by atoms with E-state index in [1.165, 1.54) is 5.56 Å². The molecule has 106 valence electrons. The minimum atomic E-state index is 0.175. The van der Waals surface area contributed by atoms with Crippen LogP contribution in [0.25, 0.3) is 0 Å². The predicted octanol–water partition coefficient (Wildman–Crippen LogP) is 3.85. The maximum absolute atomic E-state index is 5.71. The van der Waals surface area contributed by atoms with E-state index in [4.69, 9.17) is 10.5 Å². The van der Waals surface area contributed by atoms with E-state index in [9.17, 15) is 0 Å². The van der Waals surface area contributed by atoms with Crippen LogP contribution in [0.1, 0.15) is 38.4 Å². The molecule has 0 aliphatic rings. The summed E-state index contributed by atoms with van der Waals surface area (Å²) in [6.07, 6.45) is 1.09. The summed E-state index contributed by atoms with van der Waals surface area (Å²) in [4.78, 5) is 8.08. The lowest BCUT2D eigenvalue weighted by molar-refractivity contribution is 0.459. The predicted molar refractivity (Wildman–Crippen MR) is 81.0 cm³/mol. The van der Waals surface area contributed by atoms with Crippen molar-refractivity contribution in [3.8, 4) is 11.6 Å². The molecule has 20 heavy (non-hydrogen) atoms. The van der Waals surface area contributed by atoms with Crippen molar-refractivity contribution < 1.29 is 4.74 Å². The molecule has 0 fully saturated rings. The van der Waals surface area contributed by atoms with Crippen molar-refractivity contribution in [3.63, 3.8) is 0 Å². The number of anilines is 1. The number of nitrogen functional groups attached to an aromatic ring is 1. The van der Waals surface area contributed by atoms with Gasteiger partial charge in [-0.2, -0.15) is 4.98 Å². The quantitative estimate of drug-likeness (QED) is 0.917. The number of hydrogen-bond donors (Lipinski definition) is 1. The third-order valence-electron chi connectivity index (χ3n) is 3.59. The molecule has 0 aliphatic carbocycles. The average molecular weight is 271 g/mol. The summed E-state index contributed by atoms with van der Waals surface area (Å²) in [6, 6.07) is 9.87. The Bertz CT molecular complexity index is 571. The molecule has 2 N–H and O–H groups in total. The molecule has 0 aliphatic heterocycles. The van der Waals surface area contributed by atoms with Gasteiger partial charge in [0.2, 0.25) is 11.8 Å². The van der Waals surface area contributed by atoms with E-state index in [-0.39, 0.29) is 11.4 Å². The molecule has 0 spiro atoms. The number of nitrogens with zero attached hydrogens (tertiary/aromatic N) is 2. The van der Waals surface area contributed by atoms with Crippen molar-refractivity contribution in [2.24, 2.45) is 0 Å². The molecule has 2 aromatic rings. The second-order valence-electron chi connectivity index (χ2n) is 5.57. The summed E-state index contributed by atoms with van der Waals surface area (Å²) < 4.78 is 5.71. The Kier molecular flexibility index (Phi) is 3.93. The van der Waals surface area contributed by atoms with Crippen LogP contribution in [0.4, 0.5) is 5.95 Å². The lowest BCUT2D eigenvalue weighted by Gasteiger charge is -2.23. The van der Waals surface area contributed by atoms with Gasteiger partial charge in [0.25, 0.3) is 0 Å². The summed E-state index contributed by atoms with van der Waals surface area (Å²) in [5.74, 6) is 1.44. The lowest BCUT2D eigenvalue weighted by Crippen LogP contribution is -2.14. The third kappa shape index (κ3) is 3.26. The highest BCUT2D eigenvalue weighted by atomic mass is 16.5. The van der Waals surface area contributed by atoms with Gasteiger partial charge in [-0.05, 0) is 36.5 Å². The Morgan fingerprint density at radius 3 is 2.35 bits per heavy atom. The van der Waals surface area contributed by atoms with E-state index in [0.29, 0.717) is 5.88 Å². The second-order valence-corrected chi connectivity index (χ2v) is 5.57. The number of benzene rings is 1. The SMILES string of the molecule is CCC(C)(C)c1ccc(Oc2cc(C)nc(N)n2)cc1. The molecule has 1 aromatic heterocycles. The first-order chi connectivity index (χ1) is 9.40. The maximum atomic E-state index is 5.71. The highest BCUT2D eigenvalue weighted by molar-refractivity contribution is 5.35. The van der Waals surface area contributed by atoms with Crippen LogP contribution in [0.15, 0.2) is 30.3 Å². The van der Waals surface area contributed by atoms with Crippen molar-refractivity contribution in [1.82, 2.24) is 9.97 Å². The Morgan fingerprint density at radius 2 is 1.80 bits per heavy atom. The van der Waals surface area contributed by atoms with Crippen LogP contribution in [0, 0.1) is 6.92 Å². The number of hydrogen-bond acceptors (Lipinski definition) is 4. The van der Waals surface area contributed by atoms with Crippen LogP contribution in [-0.2, 0) is 5.41 Å². The van der Waals surface area contributed by atoms with Crippen LogP contribution in [0.5, 0.6) is 11.6 Å². The van der Waals surface area contributed by atoms with Gasteiger partial charge >= 0.3 is 0 Å². The van der Waals surface area contributed by atoms with Crippen molar-refractivity contribution in [2.75, 3.05) is 5.73 Å². The number of ether oxygens (including phenoxy) is 1. The molecule has 0 amide bonds. The van der Waals surface area contributed by atoms with Gasteiger partial charge in [0.1, 0.15) is 5.75 Å². The van der Waals surface area contributed by atoms with Crippen LogP contribution < -0.4 is 10.5 Å². The van der Waals surface area contributed by atoms with Gasteiger partial charge in [0, 0.05) is 11.8 Å². The first-order valence-electron chi connectivity index (χ1n) is 6.80. The third-order valence-corrected chi connectivity index (χ3v) is 3.59. The summed E-state index contributed by atoms with van der Waals surface area (Å²) in [5, 5.41) is 0. The van der Waals surface area contributed by atoms with E-state index in [1.807, 2.05) is 19.1 Å². The summed E-state index contributed by atoms with van der Waals surface area (Å²) >= 11 is 0. The molecule has 0 saturated heterocycles. The normalized spacial score (nSPS) is 11.4. The van der Waals surface area contributed by atoms with Gasteiger partial charge in [-0.1, -0.05) is 32.9 Å². The van der Waals surface area contributed by atoms with Gasteiger partial charge in [-0.15, -0.1) is 0 Å². The lowest BCUT2D eigenvalue weighted by atomic mass is 9.82. The second kappa shape index (κ2) is 5.49. The minimum absolute atomic E-state index is 0.175. The molecular weight excluding hydrogens is 250 g/mol. The van der Waals surface area contributed by atoms with Gasteiger partial charge in [-0.3, -0.25) is 0 Å². The number of aromatic nitrogens is 2. The smallest absolute Gasteiger partial charge is 0.224 e. The molecule has 0 unspecified atom stereocenters. The van der Waals surface area contributed by atoms with Gasteiger partial charge in [0.15, 0.2) is 0 Å². The highest BCUT2D eigenvalue weighted by Crippen LogP contribution is 2.29. The van der Waals surface area contributed by atoms with Gasteiger partial charge in [0.05, 0.1) is 0 Å². The molecule has 1 heterocycles. The van der Waals surface area contributed by atoms with Crippen LogP contribution in [0.2, 0.25) is 0 Å². The largest absolute Gasteiger partial charge is 0.439 e. The summed E-state index contributed by atoms with van der Waals surface area (Å²) in [5.41, 5.74) is 7.87. The number of aryl methyl sites for hydroxylation is 1. The Morgan fingerprint density at radius 1 is 1.15 bits per heavy atom. The zero-order valence-corrected chi connectivity index (χ0v) is 12.5. The van der Waals surface area contributed by atoms with Crippen molar-refractivity contribution in [3.05, 3.63) is 41.6 Å². The molecular formula is C16H21N3O. The van der Waals surface area contributed by atoms with E-state index in [0.717, 1.165) is 17.9 Å². The topological polar surface area (TPSA) is 61.0 Å². The number of rotatable bonds is 4. The molecule has 4 nitrogen and oxygen atoms in total. The summed E-state index contributed by atoms with van der Waals surface area (Å²) in [7, 11) is 0. The monoisotopic (exact) mass is 271 g/mol. The fourth-order valence-electron chi connectivity index (χ4n) is 1.91. The fraction of sp³-hybridized carbons (Fsp3) is 0.375. The van der Waals surface area contributed by atoms with Crippen molar-refractivity contribution >= 4 is 5.95 Å². The minimum Gasteiger partial charge on any atom is -0.439 e. The summed E-state index contributed by atoms with van der Waals surface area (Å²) in [6.45, 7) is 8.52. The molecule has 0 radical (unpaired) electrons. The number of nitrogens with two attached hydrogens (primary N) is 1. The fourth-order valence-corrected chi connectivity index (χ4v) is 1.91. The van der Waals surface area contributed by atoms with Gasteiger partial charge < -0.3 is 10.5 Å². The van der Waals surface area contributed by atoms with Crippen molar-refractivity contribution in [2.45, 2.75) is 39.5 Å². The van der Waals surface area contributed by atoms with Gasteiger partial charge in [-0.25, -0.2) is 4.98 Å². The van der Waals surface area contributed by atoms with E-state index < -0.39 is 0 Å². The zero-order valence-electron chi connectivity index (χ0n) is 12.5. The van der Waals surface area contributed by atoms with E-state index in [2.05, 4.69) is 42.9 Å². The highest BCUT2D eigenvalue weighted by Gasteiger charge is 2.17. The molecule has 4 heteroatoms. The standard InChI is InChI=1S/C16H21N3O/c1-5-16(3,4)12-6-8-13(9-7-12)20-14-10-11(2)18-15(17)19-14/h6-10H,5H2,1-4H3,(H2,17,18,19). The van der Waals surface area contributed by atoms with E-state index in [1.54, 1.807) is 6.07 Å². The average Bonchev–Trinajstić information content (AvgIpc) is 2.38. The van der Waals surface area contributed by atoms with Crippen LogP contribution >= 0.6 is 0 Å². The Balaban J connectivity index is 2.19. The van der Waals surface area contributed by atoms with Crippen LogP contribution in [-0.4, -0.2) is 9.97 Å². The molecule has 0 atom stereocenters. The molecule has 2 rings (SSSR count). The Hall–Kier alpha value is -2.10. The first-order valence-corrected chi connectivity index (χ1v) is 6.80. The first kappa shape index (κ1) is 14.3. The van der Waals surface area contributed by atoms with E-state index >= 15 is 0 Å². The van der Waals surface area contributed by atoms with Crippen LogP contribution in [0.3, 0.4) is 0 Å². The molecule has 0 saturated carbocycles. The Labute approximate surface area is 120 Å². The van der Waals surface area contributed by atoms with Crippen molar-refractivity contribution in [1.29, 1.82) is 0 Å².